The fourth-order valence-corrected chi connectivity index (χ4v) is 1.87. The molecular weight excluding hydrogens is 227 g/mol. The molecule has 0 unspecified atom stereocenters. The van der Waals surface area contributed by atoms with Gasteiger partial charge in [0.15, 0.2) is 0 Å². The van der Waals surface area contributed by atoms with E-state index in [0.717, 1.165) is 6.07 Å². The van der Waals surface area contributed by atoms with Gasteiger partial charge in [-0.3, -0.25) is 4.79 Å². The molecule has 0 bridgehead atoms. The van der Waals surface area contributed by atoms with Gasteiger partial charge < -0.3 is 15.8 Å². The summed E-state index contributed by atoms with van der Waals surface area (Å²) in [5.74, 6) is -1.65. The molecule has 90 valence electrons. The molecule has 6 heteroatoms. The van der Waals surface area contributed by atoms with Crippen molar-refractivity contribution < 1.29 is 18.7 Å². The predicted octanol–water partition coefficient (Wildman–Crippen LogP) is 1.08. The summed E-state index contributed by atoms with van der Waals surface area (Å²) in [6.07, 6.45) is 0.581. The number of carbonyl (C=O) groups excluding carboxylic acids is 2. The Bertz CT molecular complexity index is 514. The van der Waals surface area contributed by atoms with Gasteiger partial charge in [0, 0.05) is 12.1 Å². The molecule has 2 rings (SSSR count). The Morgan fingerprint density at radius 1 is 1.53 bits per heavy atom. The average Bonchev–Trinajstić information content (AvgIpc) is 2.30. The topological polar surface area (TPSA) is 81.4 Å². The monoisotopic (exact) mass is 238 g/mol. The van der Waals surface area contributed by atoms with Crippen molar-refractivity contribution in [3.05, 3.63) is 23.0 Å². The van der Waals surface area contributed by atoms with Crippen LogP contribution in [0.15, 0.2) is 6.07 Å². The van der Waals surface area contributed by atoms with Crippen LogP contribution in [0.1, 0.15) is 22.3 Å². The third-order valence-corrected chi connectivity index (χ3v) is 2.69. The number of methoxy groups -OCH3 is 1. The summed E-state index contributed by atoms with van der Waals surface area (Å²) in [6, 6.07) is 1.12. The van der Waals surface area contributed by atoms with Crippen molar-refractivity contribution in [3.8, 4) is 0 Å². The second-order valence-corrected chi connectivity index (χ2v) is 3.71. The first-order valence-corrected chi connectivity index (χ1v) is 5.03. The number of nitrogen functional groups attached to an aromatic ring is 1. The van der Waals surface area contributed by atoms with Crippen LogP contribution in [0.3, 0.4) is 0 Å². The van der Waals surface area contributed by atoms with E-state index in [9.17, 15) is 14.0 Å². The fraction of sp³-hybridized carbons (Fsp3) is 0.273. The van der Waals surface area contributed by atoms with Crippen LogP contribution in [-0.2, 0) is 16.0 Å². The molecule has 0 radical (unpaired) electrons. The Hall–Kier alpha value is -2.11. The molecule has 17 heavy (non-hydrogen) atoms. The normalized spacial score (nSPS) is 13.9. The standard InChI is InChI=1S/C11H11FN2O3/c1-17-11(16)9-5-2-3-8(15)14-7(5)4-6(12)10(9)13/h4H,2-3,13H2,1H3,(H,14,15). The molecule has 0 aromatic heterocycles. The number of nitrogens with one attached hydrogen (secondary N) is 1. The Morgan fingerprint density at radius 3 is 2.88 bits per heavy atom. The molecule has 0 fully saturated rings. The van der Waals surface area contributed by atoms with Gasteiger partial charge in [-0.15, -0.1) is 0 Å². The Morgan fingerprint density at radius 2 is 2.24 bits per heavy atom. The number of ether oxygens (including phenoxy) is 1. The van der Waals surface area contributed by atoms with Crippen LogP contribution in [0.4, 0.5) is 15.8 Å². The minimum absolute atomic E-state index is 0.00231. The van der Waals surface area contributed by atoms with Crippen molar-refractivity contribution in [1.29, 1.82) is 0 Å². The SMILES string of the molecule is COC(=O)c1c(N)c(F)cc2c1CCC(=O)N2. The number of fused-ring (bicyclic) bond motifs is 1. The quantitative estimate of drug-likeness (QED) is 0.566. The summed E-state index contributed by atoms with van der Waals surface area (Å²) in [6.45, 7) is 0. The van der Waals surface area contributed by atoms with Crippen molar-refractivity contribution >= 4 is 23.3 Å². The number of nitrogens with two attached hydrogens (primary N) is 1. The molecule has 1 heterocycles. The number of hydrogen-bond acceptors (Lipinski definition) is 4. The Balaban J connectivity index is 2.64. The zero-order valence-corrected chi connectivity index (χ0v) is 9.17. The molecule has 0 saturated heterocycles. The lowest BCUT2D eigenvalue weighted by Gasteiger charge is -2.20. The maximum absolute atomic E-state index is 13.5. The molecule has 1 aliphatic heterocycles. The number of anilines is 2. The van der Waals surface area contributed by atoms with E-state index in [4.69, 9.17) is 5.73 Å². The summed E-state index contributed by atoms with van der Waals surface area (Å²) in [7, 11) is 1.19. The highest BCUT2D eigenvalue weighted by atomic mass is 19.1. The summed E-state index contributed by atoms with van der Waals surface area (Å²) in [5, 5.41) is 2.51. The minimum atomic E-state index is -0.744. The molecule has 1 aromatic rings. The van der Waals surface area contributed by atoms with Crippen molar-refractivity contribution in [2.24, 2.45) is 0 Å². The smallest absolute Gasteiger partial charge is 0.340 e. The van der Waals surface area contributed by atoms with Crippen LogP contribution < -0.4 is 11.1 Å². The largest absolute Gasteiger partial charge is 0.465 e. The van der Waals surface area contributed by atoms with Crippen LogP contribution in [-0.4, -0.2) is 19.0 Å². The third-order valence-electron chi connectivity index (χ3n) is 2.69. The first kappa shape index (κ1) is 11.4. The second kappa shape index (κ2) is 4.04. The number of rotatable bonds is 1. The number of halogens is 1. The highest BCUT2D eigenvalue weighted by Crippen LogP contribution is 2.32. The van der Waals surface area contributed by atoms with Gasteiger partial charge in [0.2, 0.25) is 5.91 Å². The van der Waals surface area contributed by atoms with E-state index in [0.29, 0.717) is 12.0 Å². The molecule has 5 nitrogen and oxygen atoms in total. The average molecular weight is 238 g/mol. The van der Waals surface area contributed by atoms with Crippen molar-refractivity contribution in [2.45, 2.75) is 12.8 Å². The van der Waals surface area contributed by atoms with Gasteiger partial charge in [0.1, 0.15) is 5.82 Å². The molecule has 3 N–H and O–H groups in total. The van der Waals surface area contributed by atoms with Crippen LogP contribution in [0, 0.1) is 5.82 Å². The van der Waals surface area contributed by atoms with E-state index in [1.807, 2.05) is 0 Å². The summed E-state index contributed by atoms with van der Waals surface area (Å²) in [5.41, 5.74) is 6.10. The molecule has 1 aromatic carbocycles. The van der Waals surface area contributed by atoms with Crippen LogP contribution in [0.5, 0.6) is 0 Å². The third kappa shape index (κ3) is 1.82. The van der Waals surface area contributed by atoms with E-state index in [1.54, 1.807) is 0 Å². The number of carbonyl (C=O) groups is 2. The van der Waals surface area contributed by atoms with Crippen molar-refractivity contribution in [3.63, 3.8) is 0 Å². The van der Waals surface area contributed by atoms with Gasteiger partial charge in [-0.05, 0) is 18.1 Å². The van der Waals surface area contributed by atoms with Gasteiger partial charge >= 0.3 is 5.97 Å². The first-order chi connectivity index (χ1) is 8.04. The van der Waals surface area contributed by atoms with Crippen molar-refractivity contribution in [1.82, 2.24) is 0 Å². The second-order valence-electron chi connectivity index (χ2n) is 3.71. The molecule has 0 spiro atoms. The lowest BCUT2D eigenvalue weighted by Crippen LogP contribution is -2.23. The molecule has 0 atom stereocenters. The number of hydrogen-bond donors (Lipinski definition) is 2. The maximum Gasteiger partial charge on any atom is 0.340 e. The number of benzene rings is 1. The lowest BCUT2D eigenvalue weighted by atomic mass is 9.95. The van der Waals surface area contributed by atoms with Gasteiger partial charge in [0.25, 0.3) is 0 Å². The molecule has 0 aliphatic carbocycles. The summed E-state index contributed by atoms with van der Waals surface area (Å²) < 4.78 is 18.1. The maximum atomic E-state index is 13.5. The van der Waals surface area contributed by atoms with Crippen LogP contribution in [0.2, 0.25) is 0 Å². The molecular formula is C11H11FN2O3. The van der Waals surface area contributed by atoms with Gasteiger partial charge in [-0.2, -0.15) is 0 Å². The molecule has 1 amide bonds. The lowest BCUT2D eigenvalue weighted by molar-refractivity contribution is -0.116. The van der Waals surface area contributed by atoms with E-state index in [-0.39, 0.29) is 29.3 Å². The van der Waals surface area contributed by atoms with Crippen LogP contribution >= 0.6 is 0 Å². The highest BCUT2D eigenvalue weighted by Gasteiger charge is 2.26. The summed E-state index contributed by atoms with van der Waals surface area (Å²) >= 11 is 0. The highest BCUT2D eigenvalue weighted by molar-refractivity contribution is 6.02. The van der Waals surface area contributed by atoms with Crippen LogP contribution in [0.25, 0.3) is 0 Å². The molecule has 1 aliphatic rings. The zero-order valence-electron chi connectivity index (χ0n) is 9.17. The molecule has 0 saturated carbocycles. The minimum Gasteiger partial charge on any atom is -0.465 e. The van der Waals surface area contributed by atoms with Crippen molar-refractivity contribution in [2.75, 3.05) is 18.2 Å². The van der Waals surface area contributed by atoms with E-state index >= 15 is 0 Å². The fourth-order valence-electron chi connectivity index (χ4n) is 1.87. The Labute approximate surface area is 96.7 Å². The van der Waals surface area contributed by atoms with E-state index in [1.165, 1.54) is 7.11 Å². The van der Waals surface area contributed by atoms with E-state index < -0.39 is 11.8 Å². The van der Waals surface area contributed by atoms with Gasteiger partial charge in [-0.25, -0.2) is 9.18 Å². The summed E-state index contributed by atoms with van der Waals surface area (Å²) in [4.78, 5) is 22.8. The van der Waals surface area contributed by atoms with Gasteiger partial charge in [-0.1, -0.05) is 0 Å². The first-order valence-electron chi connectivity index (χ1n) is 5.03. The van der Waals surface area contributed by atoms with E-state index in [2.05, 4.69) is 10.1 Å². The predicted molar refractivity (Wildman–Crippen MR) is 59.1 cm³/mol. The Kier molecular flexibility index (Phi) is 2.71. The number of esters is 1. The zero-order chi connectivity index (χ0) is 12.6. The van der Waals surface area contributed by atoms with Gasteiger partial charge in [0.05, 0.1) is 18.4 Å². The number of amides is 1.